The van der Waals surface area contributed by atoms with E-state index in [1.807, 2.05) is 11.8 Å². The number of fused-ring (bicyclic) bond motifs is 1. The Balaban J connectivity index is 2.09. The van der Waals surface area contributed by atoms with Gasteiger partial charge in [-0.3, -0.25) is 0 Å². The van der Waals surface area contributed by atoms with E-state index in [9.17, 15) is 0 Å². The smallest absolute Gasteiger partial charge is 0.0244 e. The van der Waals surface area contributed by atoms with Crippen molar-refractivity contribution in [1.29, 1.82) is 0 Å². The third kappa shape index (κ3) is 1.96. The van der Waals surface area contributed by atoms with Gasteiger partial charge in [0.2, 0.25) is 0 Å². The SMILES string of the molecule is CSCCC1(N)Cc2ccccc2C1. The molecule has 0 atom stereocenters. The number of nitrogens with two attached hydrogens (primary N) is 1. The first-order valence-electron chi connectivity index (χ1n) is 5.08. The van der Waals surface area contributed by atoms with Crippen LogP contribution in [0.25, 0.3) is 0 Å². The topological polar surface area (TPSA) is 26.0 Å². The van der Waals surface area contributed by atoms with Crippen molar-refractivity contribution in [2.75, 3.05) is 12.0 Å². The maximum absolute atomic E-state index is 6.38. The lowest BCUT2D eigenvalue weighted by atomic mass is 9.94. The van der Waals surface area contributed by atoms with Gasteiger partial charge in [0, 0.05) is 5.54 Å². The average molecular weight is 207 g/mol. The molecule has 0 saturated heterocycles. The molecule has 1 aromatic rings. The first-order valence-corrected chi connectivity index (χ1v) is 6.47. The van der Waals surface area contributed by atoms with Crippen molar-refractivity contribution in [2.24, 2.45) is 5.73 Å². The highest BCUT2D eigenvalue weighted by atomic mass is 32.2. The first kappa shape index (κ1) is 10.1. The second-order valence-corrected chi connectivity index (χ2v) is 5.21. The first-order chi connectivity index (χ1) is 6.73. The molecule has 0 aliphatic heterocycles. The van der Waals surface area contributed by atoms with Crippen LogP contribution in [0.4, 0.5) is 0 Å². The van der Waals surface area contributed by atoms with Crippen LogP contribution in [0.5, 0.6) is 0 Å². The Morgan fingerprint density at radius 2 is 1.86 bits per heavy atom. The second kappa shape index (κ2) is 3.95. The lowest BCUT2D eigenvalue weighted by Gasteiger charge is -2.22. The predicted octanol–water partition coefficient (Wildman–Crippen LogP) is 2.24. The molecular weight excluding hydrogens is 190 g/mol. The monoisotopic (exact) mass is 207 g/mol. The zero-order chi connectivity index (χ0) is 10.0. The van der Waals surface area contributed by atoms with Gasteiger partial charge in [-0.25, -0.2) is 0 Å². The maximum Gasteiger partial charge on any atom is 0.0244 e. The van der Waals surface area contributed by atoms with Crippen molar-refractivity contribution in [2.45, 2.75) is 24.8 Å². The van der Waals surface area contributed by atoms with E-state index in [-0.39, 0.29) is 5.54 Å². The van der Waals surface area contributed by atoms with Crippen molar-refractivity contribution < 1.29 is 0 Å². The molecule has 0 bridgehead atoms. The highest BCUT2D eigenvalue weighted by Gasteiger charge is 2.32. The Morgan fingerprint density at radius 3 is 2.36 bits per heavy atom. The molecule has 0 spiro atoms. The van der Waals surface area contributed by atoms with E-state index >= 15 is 0 Å². The van der Waals surface area contributed by atoms with E-state index in [1.165, 1.54) is 16.9 Å². The van der Waals surface area contributed by atoms with Gasteiger partial charge in [-0.15, -0.1) is 0 Å². The molecule has 0 aromatic heterocycles. The summed E-state index contributed by atoms with van der Waals surface area (Å²) in [7, 11) is 0. The van der Waals surface area contributed by atoms with Crippen LogP contribution in [0.2, 0.25) is 0 Å². The summed E-state index contributed by atoms with van der Waals surface area (Å²) in [5.74, 6) is 1.17. The van der Waals surface area contributed by atoms with Crippen molar-refractivity contribution in [3.8, 4) is 0 Å². The van der Waals surface area contributed by atoms with Crippen molar-refractivity contribution in [1.82, 2.24) is 0 Å². The van der Waals surface area contributed by atoms with Crippen LogP contribution in [0.1, 0.15) is 17.5 Å². The Bertz CT molecular complexity index is 297. The zero-order valence-corrected chi connectivity index (χ0v) is 9.44. The molecule has 14 heavy (non-hydrogen) atoms. The molecule has 1 nitrogen and oxygen atoms in total. The summed E-state index contributed by atoms with van der Waals surface area (Å²) in [6.07, 6.45) is 5.39. The van der Waals surface area contributed by atoms with Crippen LogP contribution in [0.3, 0.4) is 0 Å². The molecule has 2 N–H and O–H groups in total. The van der Waals surface area contributed by atoms with E-state index in [2.05, 4.69) is 30.5 Å². The molecule has 2 heteroatoms. The van der Waals surface area contributed by atoms with Crippen molar-refractivity contribution in [3.63, 3.8) is 0 Å². The zero-order valence-electron chi connectivity index (χ0n) is 8.62. The highest BCUT2D eigenvalue weighted by molar-refractivity contribution is 7.98. The minimum atomic E-state index is 0.0344. The Hall–Kier alpha value is -0.470. The molecule has 2 rings (SSSR count). The standard InChI is InChI=1S/C12H17NS/c1-14-7-6-12(13)8-10-4-2-3-5-11(10)9-12/h2-5H,6-9,13H2,1H3. The maximum atomic E-state index is 6.38. The molecule has 76 valence electrons. The minimum absolute atomic E-state index is 0.0344. The Morgan fingerprint density at radius 1 is 1.29 bits per heavy atom. The van der Waals surface area contributed by atoms with Crippen molar-refractivity contribution in [3.05, 3.63) is 35.4 Å². The van der Waals surface area contributed by atoms with Gasteiger partial charge < -0.3 is 5.73 Å². The van der Waals surface area contributed by atoms with Gasteiger partial charge in [-0.2, -0.15) is 11.8 Å². The Labute approximate surface area is 90.1 Å². The summed E-state index contributed by atoms with van der Waals surface area (Å²) >= 11 is 1.89. The van der Waals surface area contributed by atoms with Gasteiger partial charge in [0.25, 0.3) is 0 Å². The number of hydrogen-bond donors (Lipinski definition) is 1. The van der Waals surface area contributed by atoms with Crippen molar-refractivity contribution >= 4 is 11.8 Å². The minimum Gasteiger partial charge on any atom is -0.324 e. The summed E-state index contributed by atoms with van der Waals surface area (Å²) in [4.78, 5) is 0. The lowest BCUT2D eigenvalue weighted by Crippen LogP contribution is -2.41. The van der Waals surface area contributed by atoms with E-state index in [4.69, 9.17) is 5.73 Å². The van der Waals surface area contributed by atoms with Gasteiger partial charge >= 0.3 is 0 Å². The summed E-state index contributed by atoms with van der Waals surface area (Å²) in [5.41, 5.74) is 9.33. The molecule has 0 saturated carbocycles. The number of rotatable bonds is 3. The largest absolute Gasteiger partial charge is 0.324 e. The Kier molecular flexibility index (Phi) is 2.84. The molecule has 0 radical (unpaired) electrons. The summed E-state index contributed by atoms with van der Waals surface area (Å²) in [6, 6.07) is 8.64. The van der Waals surface area contributed by atoms with Crippen LogP contribution >= 0.6 is 11.8 Å². The highest BCUT2D eigenvalue weighted by Crippen LogP contribution is 2.30. The molecule has 1 aliphatic carbocycles. The van der Waals surface area contributed by atoms with Crippen LogP contribution in [0, 0.1) is 0 Å². The lowest BCUT2D eigenvalue weighted by molar-refractivity contribution is 0.437. The molecule has 1 aromatic carbocycles. The van der Waals surface area contributed by atoms with Gasteiger partial charge in [-0.1, -0.05) is 24.3 Å². The quantitative estimate of drug-likeness (QED) is 0.822. The molecule has 0 fully saturated rings. The fraction of sp³-hybridized carbons (Fsp3) is 0.500. The van der Waals surface area contributed by atoms with Gasteiger partial charge in [0.15, 0.2) is 0 Å². The number of benzene rings is 1. The third-order valence-electron chi connectivity index (χ3n) is 3.01. The number of hydrogen-bond acceptors (Lipinski definition) is 2. The number of thioether (sulfide) groups is 1. The fourth-order valence-corrected chi connectivity index (χ4v) is 2.82. The molecular formula is C12H17NS. The normalized spacial score (nSPS) is 18.1. The van der Waals surface area contributed by atoms with Crippen LogP contribution < -0.4 is 5.73 Å². The second-order valence-electron chi connectivity index (χ2n) is 4.23. The van der Waals surface area contributed by atoms with E-state index in [0.29, 0.717) is 0 Å². The van der Waals surface area contributed by atoms with E-state index in [1.54, 1.807) is 0 Å². The van der Waals surface area contributed by atoms with Gasteiger partial charge in [-0.05, 0) is 42.4 Å². The van der Waals surface area contributed by atoms with Crippen LogP contribution in [0.15, 0.2) is 24.3 Å². The fourth-order valence-electron chi connectivity index (χ4n) is 2.21. The third-order valence-corrected chi connectivity index (χ3v) is 3.62. The summed E-state index contributed by atoms with van der Waals surface area (Å²) in [6.45, 7) is 0. The summed E-state index contributed by atoms with van der Waals surface area (Å²) < 4.78 is 0. The molecule has 0 amide bonds. The van der Waals surface area contributed by atoms with Gasteiger partial charge in [0.05, 0.1) is 0 Å². The predicted molar refractivity (Wildman–Crippen MR) is 63.8 cm³/mol. The molecule has 0 heterocycles. The van der Waals surface area contributed by atoms with Crippen LogP contribution in [-0.2, 0) is 12.8 Å². The average Bonchev–Trinajstić information content (AvgIpc) is 2.51. The van der Waals surface area contributed by atoms with E-state index in [0.717, 1.165) is 19.3 Å². The van der Waals surface area contributed by atoms with Crippen LogP contribution in [-0.4, -0.2) is 17.5 Å². The molecule has 0 unspecified atom stereocenters. The summed E-state index contributed by atoms with van der Waals surface area (Å²) in [5, 5.41) is 0. The molecule has 1 aliphatic rings. The van der Waals surface area contributed by atoms with Gasteiger partial charge in [0.1, 0.15) is 0 Å². The van der Waals surface area contributed by atoms with E-state index < -0.39 is 0 Å².